The topological polar surface area (TPSA) is 287 Å². The Bertz CT molecular complexity index is 5450. The number of alkyl halides is 8. The van der Waals surface area contributed by atoms with Crippen molar-refractivity contribution in [1.82, 2.24) is 99.7 Å². The van der Waals surface area contributed by atoms with E-state index in [0.717, 1.165) is 162 Å². The van der Waals surface area contributed by atoms with Gasteiger partial charge >= 0.3 is 23.7 Å². The molecule has 518 valence electrons. The summed E-state index contributed by atoms with van der Waals surface area (Å²) in [6, 6.07) is 66.7. The Balaban J connectivity index is 0.000000108. The van der Waals surface area contributed by atoms with E-state index in [4.69, 9.17) is 0 Å². The van der Waals surface area contributed by atoms with Gasteiger partial charge in [0.2, 0.25) is 0 Å². The number of aromatic amines is 10. The van der Waals surface area contributed by atoms with E-state index in [0.29, 0.717) is 0 Å². The van der Waals surface area contributed by atoms with Crippen LogP contribution in [0.2, 0.25) is 0 Å². The number of aryl methyl sites for hydroxylation is 2. The summed E-state index contributed by atoms with van der Waals surface area (Å²) < 4.78 is 115. The molecule has 0 amide bonds. The average Bonchev–Trinajstić information content (AvgIpc) is 1.16. The summed E-state index contributed by atoms with van der Waals surface area (Å²) in [6.07, 6.45) is 11.1. The molecule has 0 aliphatic rings. The van der Waals surface area contributed by atoms with Gasteiger partial charge in [-0.15, -0.1) is 0 Å². The van der Waals surface area contributed by atoms with Crippen molar-refractivity contribution >= 4 is 88.3 Å². The molecule has 10 heterocycles. The van der Waals surface area contributed by atoms with Gasteiger partial charge in [0.15, 0.2) is 34.9 Å². The molecule has 20 nitrogen and oxygen atoms in total. The van der Waals surface area contributed by atoms with E-state index in [2.05, 4.69) is 126 Å². The van der Waals surface area contributed by atoms with Crippen LogP contribution in [-0.4, -0.2) is 112 Å². The van der Waals surface area contributed by atoms with Crippen molar-refractivity contribution in [2.45, 2.75) is 49.4 Å². The first kappa shape index (κ1) is 66.5. The predicted molar refractivity (Wildman–Crippen MR) is 383 cm³/mol. The van der Waals surface area contributed by atoms with Crippen LogP contribution in [0.1, 0.15) is 36.1 Å². The van der Waals surface area contributed by atoms with Crippen LogP contribution in [0.5, 0.6) is 0 Å². The molecule has 0 bridgehead atoms. The molecule has 0 spiro atoms. The van der Waals surface area contributed by atoms with E-state index < -0.39 is 35.3 Å². The molecule has 0 aliphatic carbocycles. The molecule has 28 heteroatoms. The van der Waals surface area contributed by atoms with Crippen molar-refractivity contribution in [2.75, 3.05) is 0 Å². The van der Waals surface area contributed by atoms with Crippen molar-refractivity contribution < 1.29 is 35.1 Å². The molecule has 0 saturated heterocycles. The van der Waals surface area contributed by atoms with Crippen molar-refractivity contribution in [3.05, 3.63) is 266 Å². The number of hydrogen-bond acceptors (Lipinski definition) is 10. The third kappa shape index (κ3) is 13.5. The fraction of sp³-hybridized carbons (Fsp3) is 0.105. The fourth-order valence-electron chi connectivity index (χ4n) is 11.6. The SMILES string of the molecule is FC(F)(c1nc2ccccc2[nH]1)C(F)(F)C(F)(F)C(F)(F)c1nc2ccccc2[nH]1.c1c[nH]c(-c2ncc[nH]2)n1.c1ccc2[nH]c(-c3ccc(-c4nc5ccccc5[nH]4)cc3)nc2c1.c1ccc2[nH]c(-c3nc4ccccc4[nH]3)nc2c1.c1ccc2[nH]c(CCCCc3nc4ccccc4[nH]3)nc2c1. The first-order chi connectivity index (χ1) is 50.5. The van der Waals surface area contributed by atoms with E-state index in [1.807, 2.05) is 133 Å². The summed E-state index contributed by atoms with van der Waals surface area (Å²) in [5.41, 5.74) is 13.7. The number of para-hydroxylation sites is 16. The number of aromatic nitrogens is 20. The molecule has 104 heavy (non-hydrogen) atoms. The molecular weight excluding hydrogens is 1340 g/mol. The number of unbranched alkanes of at least 4 members (excludes halogenated alkanes) is 1. The Morgan fingerprint density at radius 1 is 0.250 bits per heavy atom. The second kappa shape index (κ2) is 28.0. The van der Waals surface area contributed by atoms with Gasteiger partial charge in [0.1, 0.15) is 23.3 Å². The van der Waals surface area contributed by atoms with E-state index in [-0.39, 0.29) is 22.1 Å². The molecule has 9 aromatic carbocycles. The van der Waals surface area contributed by atoms with Crippen molar-refractivity contribution in [2.24, 2.45) is 0 Å². The van der Waals surface area contributed by atoms with Crippen LogP contribution in [0.3, 0.4) is 0 Å². The maximum atomic E-state index is 14.4. The maximum absolute atomic E-state index is 14.4. The summed E-state index contributed by atoms with van der Waals surface area (Å²) in [5.74, 6) is -21.3. The maximum Gasteiger partial charge on any atom is 0.386 e. The van der Waals surface area contributed by atoms with Crippen molar-refractivity contribution in [1.29, 1.82) is 0 Å². The zero-order chi connectivity index (χ0) is 71.4. The minimum Gasteiger partial charge on any atom is -0.342 e. The largest absolute Gasteiger partial charge is 0.386 e. The Hall–Kier alpha value is -13.4. The second-order valence-corrected chi connectivity index (χ2v) is 24.0. The van der Waals surface area contributed by atoms with Crippen LogP contribution in [0.25, 0.3) is 134 Å². The van der Waals surface area contributed by atoms with E-state index in [1.165, 1.54) is 36.4 Å². The highest BCUT2D eigenvalue weighted by atomic mass is 19.4. The Kier molecular flexibility index (Phi) is 17.9. The minimum atomic E-state index is -6.53. The lowest BCUT2D eigenvalue weighted by Gasteiger charge is -2.35. The number of H-pyrrole nitrogens is 10. The zero-order valence-electron chi connectivity index (χ0n) is 54.4. The van der Waals surface area contributed by atoms with Gasteiger partial charge in [0, 0.05) is 48.8 Å². The second-order valence-electron chi connectivity index (χ2n) is 24.0. The molecule has 19 aromatic rings. The quantitative estimate of drug-likeness (QED) is 0.0363. The third-order valence-corrected chi connectivity index (χ3v) is 16.9. The number of halogens is 8. The number of imidazole rings is 10. The molecule has 0 saturated carbocycles. The van der Waals surface area contributed by atoms with Gasteiger partial charge in [-0.3, -0.25) is 0 Å². The van der Waals surface area contributed by atoms with Crippen molar-refractivity contribution in [3.63, 3.8) is 0 Å². The van der Waals surface area contributed by atoms with E-state index in [1.54, 1.807) is 34.8 Å². The van der Waals surface area contributed by atoms with Gasteiger partial charge in [-0.2, -0.15) is 35.1 Å². The predicted octanol–water partition coefficient (Wildman–Crippen LogP) is 18.3. The molecule has 0 atom stereocenters. The smallest absolute Gasteiger partial charge is 0.342 e. The summed E-state index contributed by atoms with van der Waals surface area (Å²) >= 11 is 0. The molecule has 0 unspecified atom stereocenters. The van der Waals surface area contributed by atoms with E-state index in [9.17, 15) is 35.1 Å². The standard InChI is InChI=1S/C20H14N4.C18H10F8N4.C18H18N4.C14H10N4.C6H6N4/c1-2-6-16-15(5-1)21-19(22-16)13-9-11-14(12-10-13)20-23-17-7-3-4-8-18(17)24-20;19-15(20,13-27-9-5-1-2-6-10(9)28-13)17(23,24)18(25,26)16(21,22)14-29-11-7-3-4-8-12(11)30-14;1-2-8-14-13(7-1)19-17(20-14)11-5-6-12-18-21-15-9-3-4-10-16(15)22-18;1-2-6-10-9(5-1)15-13(16-10)14-17-11-7-3-4-8-12(11)18-14;1-2-8-5(7-1)6-9-3-4-10-6/h1-12H,(H,21,22)(H,23,24);1-8H,(H,27,28)(H,29,30);1-4,7-10H,5-6,11-12H2,(H,19,20)(H,21,22);1-8H,(H,15,16)(H,17,18);1-4H,(H,7,8)(H,9,10). The third-order valence-electron chi connectivity index (χ3n) is 16.9. The Labute approximate surface area is 582 Å². The minimum absolute atomic E-state index is 0.157. The normalized spacial score (nSPS) is 12.0. The van der Waals surface area contributed by atoms with Crippen LogP contribution in [0, 0.1) is 0 Å². The van der Waals surface area contributed by atoms with E-state index >= 15 is 0 Å². The van der Waals surface area contributed by atoms with Crippen LogP contribution < -0.4 is 0 Å². The highest BCUT2D eigenvalue weighted by Crippen LogP contribution is 2.58. The molecule has 0 radical (unpaired) electrons. The van der Waals surface area contributed by atoms with Crippen molar-refractivity contribution in [3.8, 4) is 46.1 Å². The lowest BCUT2D eigenvalue weighted by molar-refractivity contribution is -0.377. The molecule has 10 N–H and O–H groups in total. The highest BCUT2D eigenvalue weighted by molar-refractivity contribution is 5.84. The van der Waals surface area contributed by atoms with Crippen LogP contribution in [0.15, 0.2) is 243 Å². The molecule has 19 rings (SSSR count). The number of nitrogens with zero attached hydrogens (tertiary/aromatic N) is 10. The van der Waals surface area contributed by atoms with Gasteiger partial charge in [0.25, 0.3) is 0 Å². The first-order valence-electron chi connectivity index (χ1n) is 32.7. The van der Waals surface area contributed by atoms with Gasteiger partial charge in [-0.25, -0.2) is 49.8 Å². The van der Waals surface area contributed by atoms with Gasteiger partial charge in [0.05, 0.1) is 88.3 Å². The average molecular weight is 1400 g/mol. The summed E-state index contributed by atoms with van der Waals surface area (Å²) in [5, 5.41) is 0. The fourth-order valence-corrected chi connectivity index (χ4v) is 11.6. The first-order valence-corrected chi connectivity index (χ1v) is 32.7. The number of nitrogens with one attached hydrogen (secondary N) is 10. The number of benzene rings is 9. The van der Waals surface area contributed by atoms with Gasteiger partial charge in [-0.05, 0) is 110 Å². The Morgan fingerprint density at radius 2 is 0.500 bits per heavy atom. The lowest BCUT2D eigenvalue weighted by Crippen LogP contribution is -2.60. The van der Waals surface area contributed by atoms with Crippen LogP contribution >= 0.6 is 0 Å². The van der Waals surface area contributed by atoms with Crippen LogP contribution in [-0.2, 0) is 24.7 Å². The number of rotatable bonds is 14. The molecule has 0 aliphatic heterocycles. The molecule has 0 fully saturated rings. The monoisotopic (exact) mass is 1400 g/mol. The van der Waals surface area contributed by atoms with Gasteiger partial charge in [-0.1, -0.05) is 121 Å². The number of fused-ring (bicyclic) bond motifs is 8. The summed E-state index contributed by atoms with van der Waals surface area (Å²) in [4.78, 5) is 71.4. The lowest BCUT2D eigenvalue weighted by atomic mass is 9.97. The Morgan fingerprint density at radius 3 is 0.769 bits per heavy atom. The zero-order valence-corrected chi connectivity index (χ0v) is 54.4. The summed E-state index contributed by atoms with van der Waals surface area (Å²) in [7, 11) is 0. The molecule has 10 aromatic heterocycles. The summed E-state index contributed by atoms with van der Waals surface area (Å²) in [6.45, 7) is 0. The number of hydrogen-bond donors (Lipinski definition) is 10. The highest BCUT2D eigenvalue weighted by Gasteiger charge is 2.83. The van der Waals surface area contributed by atoms with Gasteiger partial charge < -0.3 is 49.8 Å². The van der Waals surface area contributed by atoms with Crippen LogP contribution in [0.4, 0.5) is 35.1 Å². The molecular formula is C76H58F8N20.